The average Bonchev–Trinajstić information content (AvgIpc) is 2.77. The second kappa shape index (κ2) is 6.76. The molecule has 1 aliphatic heterocycles. The van der Waals surface area contributed by atoms with Crippen LogP contribution in [0, 0.1) is 5.92 Å². The maximum Gasteiger partial charge on any atom is 0.0588 e. The molecule has 18 heavy (non-hydrogen) atoms. The summed E-state index contributed by atoms with van der Waals surface area (Å²) in [6.45, 7) is 5.22. The molecule has 3 N–H and O–H groups in total. The van der Waals surface area contributed by atoms with Crippen molar-refractivity contribution in [1.82, 2.24) is 5.32 Å². The first-order chi connectivity index (χ1) is 8.77. The Labute approximate surface area is 110 Å². The molecule has 2 rings (SSSR count). The molecular weight excluding hydrogens is 224 g/mol. The van der Waals surface area contributed by atoms with Crippen LogP contribution < -0.4 is 11.1 Å². The lowest BCUT2D eigenvalue weighted by atomic mass is 10.0. The van der Waals surface area contributed by atoms with Gasteiger partial charge in [0.1, 0.15) is 0 Å². The minimum Gasteiger partial charge on any atom is -0.399 e. The Balaban J connectivity index is 1.60. The third kappa shape index (κ3) is 3.72. The Morgan fingerprint density at radius 2 is 2.22 bits per heavy atom. The number of nitrogens with two attached hydrogens (primary N) is 1. The second-order valence-corrected chi connectivity index (χ2v) is 5.13. The van der Waals surface area contributed by atoms with Gasteiger partial charge >= 0.3 is 0 Å². The van der Waals surface area contributed by atoms with Crippen LogP contribution in [-0.2, 0) is 11.2 Å². The summed E-state index contributed by atoms with van der Waals surface area (Å²) >= 11 is 0. The van der Waals surface area contributed by atoms with E-state index < -0.39 is 0 Å². The number of nitrogens with one attached hydrogen (secondary N) is 1. The molecule has 3 heteroatoms. The predicted molar refractivity (Wildman–Crippen MR) is 75.6 cm³/mol. The lowest BCUT2D eigenvalue weighted by molar-refractivity contribution is 0.105. The highest BCUT2D eigenvalue weighted by atomic mass is 16.5. The molecule has 0 aliphatic carbocycles. The van der Waals surface area contributed by atoms with Crippen molar-refractivity contribution >= 4 is 5.69 Å². The molecule has 0 saturated carbocycles. The normalized spacial score (nSPS) is 23.4. The summed E-state index contributed by atoms with van der Waals surface area (Å²) in [6, 6.07) is 8.12. The number of aryl methyl sites for hydroxylation is 1. The molecule has 1 aromatic carbocycles. The van der Waals surface area contributed by atoms with Crippen LogP contribution in [0.4, 0.5) is 5.69 Å². The fraction of sp³-hybridized carbons (Fsp3) is 0.600. The van der Waals surface area contributed by atoms with Gasteiger partial charge in [-0.25, -0.2) is 0 Å². The fourth-order valence-electron chi connectivity index (χ4n) is 2.50. The SMILES string of the molecule is CC1OCCC1CNCCCc1ccccc1N. The number of ether oxygens (including phenoxy) is 1. The van der Waals surface area contributed by atoms with Crippen molar-refractivity contribution in [3.05, 3.63) is 29.8 Å². The molecule has 0 spiro atoms. The van der Waals surface area contributed by atoms with Crippen LogP contribution in [0.1, 0.15) is 25.3 Å². The van der Waals surface area contributed by atoms with E-state index in [9.17, 15) is 0 Å². The number of benzene rings is 1. The van der Waals surface area contributed by atoms with Crippen molar-refractivity contribution in [2.75, 3.05) is 25.4 Å². The molecule has 3 nitrogen and oxygen atoms in total. The monoisotopic (exact) mass is 248 g/mol. The molecule has 1 aromatic rings. The van der Waals surface area contributed by atoms with E-state index in [2.05, 4.69) is 24.4 Å². The number of nitrogen functional groups attached to an aromatic ring is 1. The molecule has 100 valence electrons. The van der Waals surface area contributed by atoms with Gasteiger partial charge in [-0.1, -0.05) is 18.2 Å². The van der Waals surface area contributed by atoms with Crippen molar-refractivity contribution in [1.29, 1.82) is 0 Å². The zero-order chi connectivity index (χ0) is 12.8. The lowest BCUT2D eigenvalue weighted by Crippen LogP contribution is -2.27. The maximum absolute atomic E-state index is 5.92. The first-order valence-electron chi connectivity index (χ1n) is 6.93. The van der Waals surface area contributed by atoms with Gasteiger partial charge in [0.05, 0.1) is 6.10 Å². The van der Waals surface area contributed by atoms with Crippen molar-refractivity contribution < 1.29 is 4.74 Å². The van der Waals surface area contributed by atoms with Gasteiger partial charge in [-0.2, -0.15) is 0 Å². The van der Waals surface area contributed by atoms with E-state index in [4.69, 9.17) is 10.5 Å². The fourth-order valence-corrected chi connectivity index (χ4v) is 2.50. The van der Waals surface area contributed by atoms with Crippen LogP contribution >= 0.6 is 0 Å². The van der Waals surface area contributed by atoms with Crippen molar-refractivity contribution in [2.45, 2.75) is 32.3 Å². The number of hydrogen-bond donors (Lipinski definition) is 2. The molecule has 2 atom stereocenters. The van der Waals surface area contributed by atoms with E-state index in [-0.39, 0.29) is 0 Å². The van der Waals surface area contributed by atoms with Gasteiger partial charge in [0.2, 0.25) is 0 Å². The van der Waals surface area contributed by atoms with Crippen LogP contribution in [-0.4, -0.2) is 25.8 Å². The van der Waals surface area contributed by atoms with Crippen molar-refractivity contribution in [3.63, 3.8) is 0 Å². The van der Waals surface area contributed by atoms with Gasteiger partial charge in [0.15, 0.2) is 0 Å². The van der Waals surface area contributed by atoms with Gasteiger partial charge in [-0.05, 0) is 50.3 Å². The van der Waals surface area contributed by atoms with Gasteiger partial charge < -0.3 is 15.8 Å². The quantitative estimate of drug-likeness (QED) is 0.599. The summed E-state index contributed by atoms with van der Waals surface area (Å²) in [5, 5.41) is 3.53. The average molecular weight is 248 g/mol. The minimum atomic E-state index is 0.419. The molecule has 1 fully saturated rings. The van der Waals surface area contributed by atoms with E-state index >= 15 is 0 Å². The molecule has 0 amide bonds. The summed E-state index contributed by atoms with van der Waals surface area (Å²) in [5.41, 5.74) is 8.09. The van der Waals surface area contributed by atoms with Gasteiger partial charge in [0.25, 0.3) is 0 Å². The smallest absolute Gasteiger partial charge is 0.0588 e. The third-order valence-electron chi connectivity index (χ3n) is 3.79. The molecule has 1 saturated heterocycles. The summed E-state index contributed by atoms with van der Waals surface area (Å²) in [5.74, 6) is 0.687. The number of rotatable bonds is 6. The molecular formula is C15H24N2O. The second-order valence-electron chi connectivity index (χ2n) is 5.13. The number of anilines is 1. The maximum atomic E-state index is 5.92. The van der Waals surface area contributed by atoms with E-state index in [0.717, 1.165) is 38.2 Å². The highest BCUT2D eigenvalue weighted by molar-refractivity contribution is 5.46. The zero-order valence-electron chi connectivity index (χ0n) is 11.2. The molecule has 1 aliphatic rings. The zero-order valence-corrected chi connectivity index (χ0v) is 11.2. The molecule has 1 heterocycles. The summed E-state index contributed by atoms with van der Waals surface area (Å²) < 4.78 is 5.55. The topological polar surface area (TPSA) is 47.3 Å². The third-order valence-corrected chi connectivity index (χ3v) is 3.79. The Bertz CT molecular complexity index is 367. The highest BCUT2D eigenvalue weighted by Crippen LogP contribution is 2.19. The van der Waals surface area contributed by atoms with E-state index in [1.54, 1.807) is 0 Å². The molecule has 2 unspecified atom stereocenters. The van der Waals surface area contributed by atoms with Crippen molar-refractivity contribution in [2.24, 2.45) is 5.92 Å². The van der Waals surface area contributed by atoms with E-state index in [1.807, 2.05) is 12.1 Å². The Kier molecular flexibility index (Phi) is 5.02. The van der Waals surface area contributed by atoms with Crippen LogP contribution in [0.2, 0.25) is 0 Å². The van der Waals surface area contributed by atoms with Crippen LogP contribution in [0.3, 0.4) is 0 Å². The summed E-state index contributed by atoms with van der Waals surface area (Å²) in [7, 11) is 0. The first-order valence-corrected chi connectivity index (χ1v) is 6.93. The molecule has 0 bridgehead atoms. The first kappa shape index (κ1) is 13.4. The number of hydrogen-bond acceptors (Lipinski definition) is 3. The molecule has 0 aromatic heterocycles. The lowest BCUT2D eigenvalue weighted by Gasteiger charge is -2.14. The predicted octanol–water partition coefficient (Wildman–Crippen LogP) is 2.22. The molecule has 0 radical (unpaired) electrons. The summed E-state index contributed by atoms with van der Waals surface area (Å²) in [6.07, 6.45) is 3.80. The van der Waals surface area contributed by atoms with Gasteiger partial charge in [-0.3, -0.25) is 0 Å². The summed E-state index contributed by atoms with van der Waals surface area (Å²) in [4.78, 5) is 0. The minimum absolute atomic E-state index is 0.419. The highest BCUT2D eigenvalue weighted by Gasteiger charge is 2.23. The largest absolute Gasteiger partial charge is 0.399 e. The standard InChI is InChI=1S/C15H24N2O/c1-12-14(8-10-18-12)11-17-9-4-6-13-5-2-3-7-15(13)16/h2-3,5,7,12,14,17H,4,6,8-11,16H2,1H3. The van der Waals surface area contributed by atoms with Crippen LogP contribution in [0.25, 0.3) is 0 Å². The van der Waals surface area contributed by atoms with E-state index in [0.29, 0.717) is 12.0 Å². The van der Waals surface area contributed by atoms with Gasteiger partial charge in [-0.15, -0.1) is 0 Å². The van der Waals surface area contributed by atoms with Gasteiger partial charge in [0, 0.05) is 18.8 Å². The van der Waals surface area contributed by atoms with E-state index in [1.165, 1.54) is 12.0 Å². The Morgan fingerprint density at radius 1 is 1.39 bits per heavy atom. The van der Waals surface area contributed by atoms with Crippen LogP contribution in [0.5, 0.6) is 0 Å². The Hall–Kier alpha value is -1.06. The number of para-hydroxylation sites is 1. The van der Waals surface area contributed by atoms with Crippen LogP contribution in [0.15, 0.2) is 24.3 Å². The Morgan fingerprint density at radius 3 is 2.94 bits per heavy atom. The van der Waals surface area contributed by atoms with Crippen molar-refractivity contribution in [3.8, 4) is 0 Å².